The SMILES string of the molecule is CCC(Oc1ccccc1)C(=O)Nc1cccnc1. The number of hydrogen-bond donors (Lipinski definition) is 1. The minimum Gasteiger partial charge on any atom is -0.481 e. The van der Waals surface area contributed by atoms with Gasteiger partial charge in [0.1, 0.15) is 5.75 Å². The molecule has 0 saturated heterocycles. The lowest BCUT2D eigenvalue weighted by Crippen LogP contribution is -2.32. The number of carbonyl (C=O) groups is 1. The Labute approximate surface area is 112 Å². The molecule has 0 aliphatic carbocycles. The minimum absolute atomic E-state index is 0.167. The fourth-order valence-corrected chi connectivity index (χ4v) is 1.65. The summed E-state index contributed by atoms with van der Waals surface area (Å²) in [6.45, 7) is 1.91. The maximum absolute atomic E-state index is 12.1. The molecule has 0 bridgehead atoms. The molecule has 0 radical (unpaired) electrons. The Balaban J connectivity index is 2.00. The number of ether oxygens (including phenoxy) is 1. The summed E-state index contributed by atoms with van der Waals surface area (Å²) in [5.41, 5.74) is 0.669. The molecular formula is C15H16N2O2. The number of pyridine rings is 1. The van der Waals surface area contributed by atoms with Crippen LogP contribution in [-0.2, 0) is 4.79 Å². The van der Waals surface area contributed by atoms with Gasteiger partial charge in [0.15, 0.2) is 6.10 Å². The molecule has 4 heteroatoms. The van der Waals surface area contributed by atoms with E-state index < -0.39 is 6.10 Å². The van der Waals surface area contributed by atoms with E-state index >= 15 is 0 Å². The molecule has 1 N–H and O–H groups in total. The Kier molecular flexibility index (Phi) is 4.50. The molecular weight excluding hydrogens is 240 g/mol. The van der Waals surface area contributed by atoms with Crippen molar-refractivity contribution in [1.29, 1.82) is 0 Å². The molecule has 0 spiro atoms. The van der Waals surface area contributed by atoms with Crippen molar-refractivity contribution in [3.8, 4) is 5.75 Å². The van der Waals surface area contributed by atoms with Gasteiger partial charge in [-0.2, -0.15) is 0 Å². The number of amides is 1. The standard InChI is InChI=1S/C15H16N2O2/c1-2-14(19-13-8-4-3-5-9-13)15(18)17-12-7-6-10-16-11-12/h3-11,14H,2H2,1H3,(H,17,18). The Morgan fingerprint density at radius 1 is 1.26 bits per heavy atom. The highest BCUT2D eigenvalue weighted by Crippen LogP contribution is 2.14. The zero-order valence-electron chi connectivity index (χ0n) is 10.7. The Bertz CT molecular complexity index is 514. The van der Waals surface area contributed by atoms with E-state index in [9.17, 15) is 4.79 Å². The average Bonchev–Trinajstić information content (AvgIpc) is 2.47. The second kappa shape index (κ2) is 6.54. The second-order valence-electron chi connectivity index (χ2n) is 4.06. The van der Waals surface area contributed by atoms with Crippen LogP contribution in [0.5, 0.6) is 5.75 Å². The number of rotatable bonds is 5. The van der Waals surface area contributed by atoms with Gasteiger partial charge in [0.05, 0.1) is 11.9 Å². The van der Waals surface area contributed by atoms with Gasteiger partial charge in [0.25, 0.3) is 5.91 Å². The monoisotopic (exact) mass is 256 g/mol. The molecule has 2 aromatic rings. The van der Waals surface area contributed by atoms with E-state index in [2.05, 4.69) is 10.3 Å². The van der Waals surface area contributed by atoms with Gasteiger partial charge >= 0.3 is 0 Å². The van der Waals surface area contributed by atoms with Crippen LogP contribution in [0.3, 0.4) is 0 Å². The van der Waals surface area contributed by atoms with Crippen LogP contribution in [0, 0.1) is 0 Å². The van der Waals surface area contributed by atoms with Crippen LogP contribution in [0.15, 0.2) is 54.9 Å². The van der Waals surface area contributed by atoms with E-state index in [1.165, 1.54) is 0 Å². The molecule has 19 heavy (non-hydrogen) atoms. The number of hydrogen-bond acceptors (Lipinski definition) is 3. The van der Waals surface area contributed by atoms with Crippen molar-refractivity contribution in [3.05, 3.63) is 54.9 Å². The normalized spacial score (nSPS) is 11.6. The summed E-state index contributed by atoms with van der Waals surface area (Å²) < 4.78 is 5.67. The molecule has 1 unspecified atom stereocenters. The average molecular weight is 256 g/mol. The molecule has 4 nitrogen and oxygen atoms in total. The highest BCUT2D eigenvalue weighted by atomic mass is 16.5. The molecule has 1 aromatic carbocycles. The van der Waals surface area contributed by atoms with Crippen molar-refractivity contribution in [2.75, 3.05) is 5.32 Å². The summed E-state index contributed by atoms with van der Waals surface area (Å²) in [6, 6.07) is 12.9. The van der Waals surface area contributed by atoms with Crippen LogP contribution in [0.4, 0.5) is 5.69 Å². The van der Waals surface area contributed by atoms with Gasteiger partial charge in [-0.05, 0) is 30.7 Å². The summed E-state index contributed by atoms with van der Waals surface area (Å²) in [7, 11) is 0. The summed E-state index contributed by atoms with van der Waals surface area (Å²) in [5.74, 6) is 0.523. The van der Waals surface area contributed by atoms with E-state index in [1.54, 1.807) is 24.5 Å². The van der Waals surface area contributed by atoms with Crippen molar-refractivity contribution in [1.82, 2.24) is 4.98 Å². The van der Waals surface area contributed by atoms with Crippen LogP contribution >= 0.6 is 0 Å². The Hall–Kier alpha value is -2.36. The minimum atomic E-state index is -0.511. The number of nitrogens with zero attached hydrogens (tertiary/aromatic N) is 1. The van der Waals surface area contributed by atoms with E-state index in [0.29, 0.717) is 17.9 Å². The van der Waals surface area contributed by atoms with Gasteiger partial charge in [-0.25, -0.2) is 0 Å². The largest absolute Gasteiger partial charge is 0.481 e. The second-order valence-corrected chi connectivity index (χ2v) is 4.06. The first-order chi connectivity index (χ1) is 9.29. The van der Waals surface area contributed by atoms with E-state index in [-0.39, 0.29) is 5.91 Å². The smallest absolute Gasteiger partial charge is 0.265 e. The fourth-order valence-electron chi connectivity index (χ4n) is 1.65. The first-order valence-corrected chi connectivity index (χ1v) is 6.22. The Morgan fingerprint density at radius 3 is 2.68 bits per heavy atom. The maximum Gasteiger partial charge on any atom is 0.265 e. The topological polar surface area (TPSA) is 51.2 Å². The lowest BCUT2D eigenvalue weighted by atomic mass is 10.2. The molecule has 1 aromatic heterocycles. The highest BCUT2D eigenvalue weighted by molar-refractivity contribution is 5.94. The third kappa shape index (κ3) is 3.81. The zero-order valence-corrected chi connectivity index (χ0v) is 10.7. The third-order valence-corrected chi connectivity index (χ3v) is 2.61. The van der Waals surface area contributed by atoms with Crippen molar-refractivity contribution in [3.63, 3.8) is 0 Å². The Morgan fingerprint density at radius 2 is 2.05 bits per heavy atom. The van der Waals surface area contributed by atoms with Gasteiger partial charge in [-0.3, -0.25) is 9.78 Å². The lowest BCUT2D eigenvalue weighted by molar-refractivity contribution is -0.122. The molecule has 0 aliphatic heterocycles. The fraction of sp³-hybridized carbons (Fsp3) is 0.200. The van der Waals surface area contributed by atoms with Crippen LogP contribution in [0.1, 0.15) is 13.3 Å². The van der Waals surface area contributed by atoms with Gasteiger partial charge in [0, 0.05) is 6.20 Å². The number of nitrogens with one attached hydrogen (secondary N) is 1. The maximum atomic E-state index is 12.1. The van der Waals surface area contributed by atoms with E-state index in [1.807, 2.05) is 37.3 Å². The molecule has 0 saturated carbocycles. The van der Waals surface area contributed by atoms with Crippen LogP contribution < -0.4 is 10.1 Å². The van der Waals surface area contributed by atoms with Crippen molar-refractivity contribution in [2.45, 2.75) is 19.4 Å². The van der Waals surface area contributed by atoms with Crippen LogP contribution in [-0.4, -0.2) is 17.0 Å². The van der Waals surface area contributed by atoms with E-state index in [4.69, 9.17) is 4.74 Å². The quantitative estimate of drug-likeness (QED) is 0.895. The number of benzene rings is 1. The summed E-state index contributed by atoms with van der Waals surface area (Å²) >= 11 is 0. The number of para-hydroxylation sites is 1. The van der Waals surface area contributed by atoms with E-state index in [0.717, 1.165) is 0 Å². The molecule has 2 rings (SSSR count). The predicted octanol–water partition coefficient (Wildman–Crippen LogP) is 2.88. The summed E-state index contributed by atoms with van der Waals surface area (Å²) in [5, 5.41) is 2.79. The predicted molar refractivity (Wildman–Crippen MR) is 74.0 cm³/mol. The van der Waals surface area contributed by atoms with Gasteiger partial charge < -0.3 is 10.1 Å². The van der Waals surface area contributed by atoms with Gasteiger partial charge in [-0.15, -0.1) is 0 Å². The molecule has 1 atom stereocenters. The number of carbonyl (C=O) groups excluding carboxylic acids is 1. The van der Waals surface area contributed by atoms with Crippen LogP contribution in [0.2, 0.25) is 0 Å². The molecule has 0 aliphatic rings. The highest BCUT2D eigenvalue weighted by Gasteiger charge is 2.18. The number of anilines is 1. The third-order valence-electron chi connectivity index (χ3n) is 2.61. The molecule has 1 heterocycles. The lowest BCUT2D eigenvalue weighted by Gasteiger charge is -2.17. The molecule has 1 amide bonds. The molecule has 98 valence electrons. The van der Waals surface area contributed by atoms with Crippen molar-refractivity contribution >= 4 is 11.6 Å². The first kappa shape index (κ1) is 13.1. The van der Waals surface area contributed by atoms with Crippen molar-refractivity contribution in [2.24, 2.45) is 0 Å². The van der Waals surface area contributed by atoms with Crippen molar-refractivity contribution < 1.29 is 9.53 Å². The van der Waals surface area contributed by atoms with Gasteiger partial charge in [-0.1, -0.05) is 25.1 Å². The van der Waals surface area contributed by atoms with Crippen LogP contribution in [0.25, 0.3) is 0 Å². The first-order valence-electron chi connectivity index (χ1n) is 6.22. The summed E-state index contributed by atoms with van der Waals surface area (Å²) in [4.78, 5) is 16.0. The van der Waals surface area contributed by atoms with Gasteiger partial charge in [0.2, 0.25) is 0 Å². The zero-order chi connectivity index (χ0) is 13.5. The molecule has 0 fully saturated rings. The number of aromatic nitrogens is 1. The summed E-state index contributed by atoms with van der Waals surface area (Å²) in [6.07, 6.45) is 3.35.